The van der Waals surface area contributed by atoms with Crippen LogP contribution >= 0.6 is 35.3 Å². The molecule has 5 heteroatoms. The third-order valence-electron chi connectivity index (χ3n) is 2.71. The molecular formula is C10H20N2S3. The highest BCUT2D eigenvalue weighted by Crippen LogP contribution is 2.22. The molecule has 2 heterocycles. The molecule has 2 saturated heterocycles. The molecule has 0 atom stereocenters. The Balaban J connectivity index is 1.40. The van der Waals surface area contributed by atoms with Crippen LogP contribution < -0.4 is 0 Å². The average molecular weight is 264 g/mol. The lowest BCUT2D eigenvalue weighted by atomic mass is 10.2. The van der Waals surface area contributed by atoms with E-state index in [9.17, 15) is 0 Å². The Labute approximate surface area is 106 Å². The molecule has 2 rings (SSSR count). The predicted octanol–water partition coefficient (Wildman–Crippen LogP) is 2.78. The molecule has 0 aliphatic carbocycles. The molecule has 0 unspecified atom stereocenters. The molecule has 0 aromatic carbocycles. The first-order valence-electron chi connectivity index (χ1n) is 5.63. The van der Waals surface area contributed by atoms with E-state index in [0.29, 0.717) is 0 Å². The topological polar surface area (TPSA) is 6.48 Å². The molecule has 0 bridgehead atoms. The molecule has 0 saturated carbocycles. The minimum absolute atomic E-state index is 1.26. The number of unbranched alkanes of at least 4 members (excludes halogenated alkanes) is 2. The van der Waals surface area contributed by atoms with Crippen molar-refractivity contribution in [3.8, 4) is 0 Å². The van der Waals surface area contributed by atoms with E-state index in [0.717, 1.165) is 0 Å². The van der Waals surface area contributed by atoms with E-state index in [1.54, 1.807) is 0 Å². The standard InChI is InChI=1S/C10H20N2S3/c1(2-4-11-6-13-7-11)3-5-12-8-14-10-15-9-12/h1-10H2. The highest BCUT2D eigenvalue weighted by atomic mass is 32.2. The number of nitrogens with zero attached hydrogens (tertiary/aromatic N) is 2. The maximum Gasteiger partial charge on any atom is 0.0465 e. The molecule has 0 aromatic rings. The molecule has 0 spiro atoms. The van der Waals surface area contributed by atoms with Crippen LogP contribution in [0.2, 0.25) is 0 Å². The van der Waals surface area contributed by atoms with Crippen LogP contribution in [0.15, 0.2) is 0 Å². The van der Waals surface area contributed by atoms with E-state index in [2.05, 4.69) is 33.3 Å². The summed E-state index contributed by atoms with van der Waals surface area (Å²) in [5.74, 6) is 5.07. The second kappa shape index (κ2) is 7.33. The smallest absolute Gasteiger partial charge is 0.0465 e. The van der Waals surface area contributed by atoms with Gasteiger partial charge in [0.05, 0.1) is 0 Å². The van der Waals surface area contributed by atoms with E-state index < -0.39 is 0 Å². The molecular weight excluding hydrogens is 244 g/mol. The zero-order valence-corrected chi connectivity index (χ0v) is 11.6. The Morgan fingerprint density at radius 2 is 1.20 bits per heavy atom. The fourth-order valence-corrected chi connectivity index (χ4v) is 4.59. The van der Waals surface area contributed by atoms with Gasteiger partial charge in [0.2, 0.25) is 0 Å². The van der Waals surface area contributed by atoms with Crippen LogP contribution in [0.5, 0.6) is 0 Å². The maximum atomic E-state index is 2.58. The highest BCUT2D eigenvalue weighted by Gasteiger charge is 2.13. The van der Waals surface area contributed by atoms with Gasteiger partial charge < -0.3 is 0 Å². The van der Waals surface area contributed by atoms with Crippen molar-refractivity contribution < 1.29 is 0 Å². The Bertz CT molecular complexity index is 170. The second-order valence-electron chi connectivity index (χ2n) is 4.10. The van der Waals surface area contributed by atoms with E-state index in [1.807, 2.05) is 11.8 Å². The van der Waals surface area contributed by atoms with Gasteiger partial charge in [-0.15, -0.1) is 35.3 Å². The normalized spacial score (nSPS) is 24.0. The van der Waals surface area contributed by atoms with Gasteiger partial charge in [-0.25, -0.2) is 0 Å². The molecule has 0 aromatic heterocycles. The van der Waals surface area contributed by atoms with Crippen LogP contribution in [0.4, 0.5) is 0 Å². The molecule has 2 fully saturated rings. The zero-order chi connectivity index (χ0) is 10.3. The van der Waals surface area contributed by atoms with Crippen LogP contribution in [0.25, 0.3) is 0 Å². The van der Waals surface area contributed by atoms with Crippen LogP contribution in [0.1, 0.15) is 19.3 Å². The van der Waals surface area contributed by atoms with E-state index in [1.165, 1.54) is 60.9 Å². The van der Waals surface area contributed by atoms with Crippen molar-refractivity contribution in [3.63, 3.8) is 0 Å². The molecule has 88 valence electrons. The van der Waals surface area contributed by atoms with Crippen molar-refractivity contribution in [1.29, 1.82) is 0 Å². The SMILES string of the molecule is C(CCN1CSCSC1)CCN1CSC1. The van der Waals surface area contributed by atoms with Crippen molar-refractivity contribution in [1.82, 2.24) is 9.80 Å². The first-order chi connectivity index (χ1) is 7.45. The largest absolute Gasteiger partial charge is 0.285 e. The highest BCUT2D eigenvalue weighted by molar-refractivity contribution is 8.16. The van der Waals surface area contributed by atoms with Gasteiger partial charge in [-0.1, -0.05) is 6.42 Å². The number of hydrogen-bond acceptors (Lipinski definition) is 5. The van der Waals surface area contributed by atoms with E-state index in [4.69, 9.17) is 0 Å². The van der Waals surface area contributed by atoms with Gasteiger partial charge in [0.15, 0.2) is 0 Å². The van der Waals surface area contributed by atoms with Crippen molar-refractivity contribution in [2.24, 2.45) is 0 Å². The van der Waals surface area contributed by atoms with Crippen molar-refractivity contribution >= 4 is 35.3 Å². The predicted molar refractivity (Wildman–Crippen MR) is 74.4 cm³/mol. The van der Waals surface area contributed by atoms with Gasteiger partial charge in [0, 0.05) is 28.6 Å². The van der Waals surface area contributed by atoms with Crippen molar-refractivity contribution in [2.75, 3.05) is 41.7 Å². The number of hydrogen-bond donors (Lipinski definition) is 0. The molecule has 0 N–H and O–H groups in total. The first-order valence-corrected chi connectivity index (χ1v) is 9.09. The summed E-state index contributed by atoms with van der Waals surface area (Å²) in [6, 6.07) is 0. The Morgan fingerprint density at radius 1 is 0.667 bits per heavy atom. The minimum Gasteiger partial charge on any atom is -0.285 e. The number of thioether (sulfide) groups is 3. The summed E-state index contributed by atoms with van der Waals surface area (Å²) in [7, 11) is 0. The summed E-state index contributed by atoms with van der Waals surface area (Å²) in [5, 5.41) is 1.29. The molecule has 0 radical (unpaired) electrons. The second-order valence-corrected chi connectivity index (χ2v) is 7.30. The maximum absolute atomic E-state index is 2.58. The summed E-state index contributed by atoms with van der Waals surface area (Å²) in [4.78, 5) is 5.12. The lowest BCUT2D eigenvalue weighted by Gasteiger charge is -2.30. The Kier molecular flexibility index (Phi) is 6.07. The van der Waals surface area contributed by atoms with Gasteiger partial charge in [-0.3, -0.25) is 9.80 Å². The lowest BCUT2D eigenvalue weighted by molar-refractivity contribution is 0.322. The fourth-order valence-electron chi connectivity index (χ4n) is 1.76. The van der Waals surface area contributed by atoms with Crippen LogP contribution in [0, 0.1) is 0 Å². The molecule has 0 amide bonds. The summed E-state index contributed by atoms with van der Waals surface area (Å²) >= 11 is 6.17. The number of rotatable bonds is 6. The summed E-state index contributed by atoms with van der Waals surface area (Å²) in [5.41, 5.74) is 0. The summed E-state index contributed by atoms with van der Waals surface area (Å²) in [6.45, 7) is 2.64. The van der Waals surface area contributed by atoms with E-state index >= 15 is 0 Å². The molecule has 2 aliphatic rings. The van der Waals surface area contributed by atoms with Crippen LogP contribution in [-0.4, -0.2) is 51.5 Å². The lowest BCUT2D eigenvalue weighted by Crippen LogP contribution is -2.33. The van der Waals surface area contributed by atoms with E-state index in [-0.39, 0.29) is 0 Å². The van der Waals surface area contributed by atoms with Crippen LogP contribution in [-0.2, 0) is 0 Å². The van der Waals surface area contributed by atoms with Gasteiger partial charge >= 0.3 is 0 Å². The van der Waals surface area contributed by atoms with Gasteiger partial charge in [-0.05, 0) is 25.9 Å². The fraction of sp³-hybridized carbons (Fsp3) is 1.00. The van der Waals surface area contributed by atoms with Gasteiger partial charge in [-0.2, -0.15) is 0 Å². The van der Waals surface area contributed by atoms with Crippen molar-refractivity contribution in [2.45, 2.75) is 19.3 Å². The zero-order valence-electron chi connectivity index (χ0n) is 9.19. The van der Waals surface area contributed by atoms with Crippen molar-refractivity contribution in [3.05, 3.63) is 0 Å². The van der Waals surface area contributed by atoms with Crippen LogP contribution in [0.3, 0.4) is 0 Å². The minimum atomic E-state index is 1.26. The molecule has 15 heavy (non-hydrogen) atoms. The van der Waals surface area contributed by atoms with Gasteiger partial charge in [0.1, 0.15) is 0 Å². The first kappa shape index (κ1) is 12.4. The molecule has 2 nitrogen and oxygen atoms in total. The quantitative estimate of drug-likeness (QED) is 0.679. The third kappa shape index (κ3) is 4.77. The Hall–Kier alpha value is 0.970. The third-order valence-corrected chi connectivity index (χ3v) is 6.24. The summed E-state index contributed by atoms with van der Waals surface area (Å²) < 4.78 is 0. The molecule has 2 aliphatic heterocycles. The average Bonchev–Trinajstić information content (AvgIpc) is 2.22. The summed E-state index contributed by atoms with van der Waals surface area (Å²) in [6.07, 6.45) is 4.20. The Morgan fingerprint density at radius 3 is 1.67 bits per heavy atom. The van der Waals surface area contributed by atoms with Gasteiger partial charge in [0.25, 0.3) is 0 Å². The monoisotopic (exact) mass is 264 g/mol.